The lowest BCUT2D eigenvalue weighted by Crippen LogP contribution is -2.48. The highest BCUT2D eigenvalue weighted by atomic mass is 16.5. The van der Waals surface area contributed by atoms with Gasteiger partial charge in [-0.3, -0.25) is 4.90 Å². The van der Waals surface area contributed by atoms with Crippen LogP contribution in [0.15, 0.2) is 24.3 Å². The lowest BCUT2D eigenvalue weighted by atomic mass is 10.1. The van der Waals surface area contributed by atoms with Crippen LogP contribution in [0.3, 0.4) is 0 Å². The zero-order chi connectivity index (χ0) is 13.8. The van der Waals surface area contributed by atoms with Crippen molar-refractivity contribution >= 4 is 5.69 Å². The monoisotopic (exact) mass is 275 g/mol. The number of nitrogens with one attached hydrogen (secondary N) is 1. The molecule has 1 atom stereocenters. The minimum Gasteiger partial charge on any atom is -0.378 e. The molecule has 0 unspecified atom stereocenters. The minimum absolute atomic E-state index is 0.608. The smallest absolute Gasteiger partial charge is 0.0642 e. The molecule has 2 heterocycles. The number of morpholine rings is 1. The number of ether oxygens (including phenoxy) is 1. The van der Waals surface area contributed by atoms with Crippen LogP contribution in [0.2, 0.25) is 0 Å². The Morgan fingerprint density at radius 2 is 1.90 bits per heavy atom. The summed E-state index contributed by atoms with van der Waals surface area (Å²) in [6.07, 6.45) is 0. The molecule has 2 aliphatic heterocycles. The zero-order valence-electron chi connectivity index (χ0n) is 12.3. The van der Waals surface area contributed by atoms with Gasteiger partial charge in [-0.2, -0.15) is 0 Å². The lowest BCUT2D eigenvalue weighted by molar-refractivity contribution is 0.122. The third kappa shape index (κ3) is 3.51. The van der Waals surface area contributed by atoms with Gasteiger partial charge in [-0.05, 0) is 24.6 Å². The Hall–Kier alpha value is -1.10. The average Bonchev–Trinajstić information content (AvgIpc) is 2.49. The topological polar surface area (TPSA) is 27.7 Å². The van der Waals surface area contributed by atoms with Gasteiger partial charge in [0.05, 0.1) is 13.2 Å². The number of nitrogens with zero attached hydrogens (tertiary/aromatic N) is 2. The van der Waals surface area contributed by atoms with Crippen molar-refractivity contribution in [2.75, 3.05) is 50.8 Å². The average molecular weight is 275 g/mol. The molecule has 4 heteroatoms. The number of benzene rings is 1. The van der Waals surface area contributed by atoms with Gasteiger partial charge in [0.2, 0.25) is 0 Å². The van der Waals surface area contributed by atoms with Gasteiger partial charge in [0.15, 0.2) is 0 Å². The SMILES string of the molecule is C[C@H]1CN(Cc2ccc(N3CCOCC3)cc2)CCN1. The predicted molar refractivity (Wildman–Crippen MR) is 82.2 cm³/mol. The first-order valence-corrected chi connectivity index (χ1v) is 7.68. The molecule has 0 spiro atoms. The second-order valence-corrected chi connectivity index (χ2v) is 5.86. The van der Waals surface area contributed by atoms with E-state index in [0.717, 1.165) is 52.5 Å². The third-order valence-electron chi connectivity index (χ3n) is 4.17. The van der Waals surface area contributed by atoms with Crippen LogP contribution >= 0.6 is 0 Å². The van der Waals surface area contributed by atoms with Crippen molar-refractivity contribution in [2.24, 2.45) is 0 Å². The van der Waals surface area contributed by atoms with E-state index >= 15 is 0 Å². The van der Waals surface area contributed by atoms with Crippen LogP contribution in [0.5, 0.6) is 0 Å². The summed E-state index contributed by atoms with van der Waals surface area (Å²) in [6, 6.07) is 9.67. The quantitative estimate of drug-likeness (QED) is 0.900. The maximum atomic E-state index is 5.40. The Bertz CT molecular complexity index is 414. The van der Waals surface area contributed by atoms with Gasteiger partial charge in [-0.25, -0.2) is 0 Å². The number of rotatable bonds is 3. The van der Waals surface area contributed by atoms with E-state index in [2.05, 4.69) is 46.3 Å². The molecule has 1 aromatic rings. The standard InChI is InChI=1S/C16H25N3O/c1-14-12-18(7-6-17-14)13-15-2-4-16(5-3-15)19-8-10-20-11-9-19/h2-5,14,17H,6-13H2,1H3/t14-/m0/s1. The Balaban J connectivity index is 1.58. The summed E-state index contributed by atoms with van der Waals surface area (Å²) < 4.78 is 5.40. The maximum absolute atomic E-state index is 5.40. The molecule has 1 aromatic carbocycles. The van der Waals surface area contributed by atoms with Gasteiger partial charge < -0.3 is 15.0 Å². The van der Waals surface area contributed by atoms with Gasteiger partial charge in [0.25, 0.3) is 0 Å². The van der Waals surface area contributed by atoms with Crippen molar-refractivity contribution in [2.45, 2.75) is 19.5 Å². The highest BCUT2D eigenvalue weighted by molar-refractivity contribution is 5.47. The van der Waals surface area contributed by atoms with E-state index in [4.69, 9.17) is 4.74 Å². The molecule has 2 aliphatic rings. The molecule has 0 amide bonds. The molecule has 20 heavy (non-hydrogen) atoms. The largest absolute Gasteiger partial charge is 0.378 e. The van der Waals surface area contributed by atoms with Crippen molar-refractivity contribution < 1.29 is 4.74 Å². The summed E-state index contributed by atoms with van der Waals surface area (Å²) in [5.41, 5.74) is 2.74. The van der Waals surface area contributed by atoms with Crippen LogP contribution in [0.25, 0.3) is 0 Å². The lowest BCUT2D eigenvalue weighted by Gasteiger charge is -2.32. The highest BCUT2D eigenvalue weighted by Gasteiger charge is 2.16. The van der Waals surface area contributed by atoms with Gasteiger partial charge in [-0.15, -0.1) is 0 Å². The molecule has 0 radical (unpaired) electrons. The number of hydrogen-bond acceptors (Lipinski definition) is 4. The summed E-state index contributed by atoms with van der Waals surface area (Å²) in [4.78, 5) is 4.94. The third-order valence-corrected chi connectivity index (χ3v) is 4.17. The van der Waals surface area contributed by atoms with Gasteiger partial charge in [-0.1, -0.05) is 12.1 Å². The molecule has 110 valence electrons. The Morgan fingerprint density at radius 3 is 2.60 bits per heavy atom. The molecular weight excluding hydrogens is 250 g/mol. The van der Waals surface area contributed by atoms with Crippen molar-refractivity contribution in [3.8, 4) is 0 Å². The van der Waals surface area contributed by atoms with E-state index in [9.17, 15) is 0 Å². The molecule has 1 N–H and O–H groups in total. The molecule has 4 nitrogen and oxygen atoms in total. The zero-order valence-corrected chi connectivity index (χ0v) is 12.3. The van der Waals surface area contributed by atoms with Crippen LogP contribution in [-0.2, 0) is 11.3 Å². The molecular formula is C16H25N3O. The molecule has 2 saturated heterocycles. The molecule has 0 bridgehead atoms. The normalized spacial score (nSPS) is 24.9. The van der Waals surface area contributed by atoms with E-state index in [1.54, 1.807) is 0 Å². The predicted octanol–water partition coefficient (Wildman–Crippen LogP) is 1.32. The van der Waals surface area contributed by atoms with Crippen molar-refractivity contribution in [1.82, 2.24) is 10.2 Å². The van der Waals surface area contributed by atoms with E-state index < -0.39 is 0 Å². The van der Waals surface area contributed by atoms with Crippen molar-refractivity contribution in [3.05, 3.63) is 29.8 Å². The molecule has 0 aromatic heterocycles. The fraction of sp³-hybridized carbons (Fsp3) is 0.625. The van der Waals surface area contributed by atoms with Gasteiger partial charge in [0, 0.05) is 51.0 Å². The van der Waals surface area contributed by atoms with E-state index in [1.807, 2.05) is 0 Å². The van der Waals surface area contributed by atoms with E-state index in [0.29, 0.717) is 6.04 Å². The van der Waals surface area contributed by atoms with Gasteiger partial charge >= 0.3 is 0 Å². The first-order valence-electron chi connectivity index (χ1n) is 7.68. The minimum atomic E-state index is 0.608. The molecule has 0 saturated carbocycles. The Kier molecular flexibility index (Phi) is 4.55. The van der Waals surface area contributed by atoms with Crippen LogP contribution in [0.4, 0.5) is 5.69 Å². The highest BCUT2D eigenvalue weighted by Crippen LogP contribution is 2.17. The fourth-order valence-electron chi connectivity index (χ4n) is 3.05. The summed E-state index contributed by atoms with van der Waals surface area (Å²) in [6.45, 7) is 10.4. The van der Waals surface area contributed by atoms with E-state index in [1.165, 1.54) is 11.3 Å². The molecule has 2 fully saturated rings. The Morgan fingerprint density at radius 1 is 1.15 bits per heavy atom. The maximum Gasteiger partial charge on any atom is 0.0642 e. The van der Waals surface area contributed by atoms with Crippen LogP contribution in [0, 0.1) is 0 Å². The Labute approximate surface area is 121 Å². The summed E-state index contributed by atoms with van der Waals surface area (Å²) in [5.74, 6) is 0. The second kappa shape index (κ2) is 6.57. The van der Waals surface area contributed by atoms with Gasteiger partial charge in [0.1, 0.15) is 0 Å². The number of anilines is 1. The van der Waals surface area contributed by atoms with E-state index in [-0.39, 0.29) is 0 Å². The van der Waals surface area contributed by atoms with Crippen LogP contribution in [0.1, 0.15) is 12.5 Å². The first-order chi connectivity index (χ1) is 9.81. The molecule has 3 rings (SSSR count). The summed E-state index contributed by atoms with van der Waals surface area (Å²) >= 11 is 0. The summed E-state index contributed by atoms with van der Waals surface area (Å²) in [7, 11) is 0. The second-order valence-electron chi connectivity index (χ2n) is 5.86. The van der Waals surface area contributed by atoms with Crippen molar-refractivity contribution in [1.29, 1.82) is 0 Å². The fourth-order valence-corrected chi connectivity index (χ4v) is 3.05. The van der Waals surface area contributed by atoms with Crippen LogP contribution in [-0.4, -0.2) is 56.9 Å². The number of piperazine rings is 1. The van der Waals surface area contributed by atoms with Crippen molar-refractivity contribution in [3.63, 3.8) is 0 Å². The number of hydrogen-bond donors (Lipinski definition) is 1. The van der Waals surface area contributed by atoms with Crippen LogP contribution < -0.4 is 10.2 Å². The summed E-state index contributed by atoms with van der Waals surface area (Å²) in [5, 5.41) is 3.49. The molecule has 0 aliphatic carbocycles. The first kappa shape index (κ1) is 13.9.